The van der Waals surface area contributed by atoms with E-state index < -0.39 is 16.0 Å². The number of hydrogen-bond acceptors (Lipinski definition) is 8. The summed E-state index contributed by atoms with van der Waals surface area (Å²) in [6, 6.07) is 7.68. The van der Waals surface area contributed by atoms with E-state index in [1.165, 1.54) is 42.0 Å². The predicted molar refractivity (Wildman–Crippen MR) is 104 cm³/mol. The highest BCUT2D eigenvalue weighted by atomic mass is 32.2. The van der Waals surface area contributed by atoms with Crippen molar-refractivity contribution in [1.82, 2.24) is 23.9 Å². The van der Waals surface area contributed by atoms with Gasteiger partial charge in [-0.3, -0.25) is 0 Å². The zero-order valence-electron chi connectivity index (χ0n) is 16.0. The van der Waals surface area contributed by atoms with Gasteiger partial charge < -0.3 is 9.64 Å². The van der Waals surface area contributed by atoms with E-state index in [-0.39, 0.29) is 4.90 Å². The monoisotopic (exact) mass is 416 g/mol. The lowest BCUT2D eigenvalue weighted by atomic mass is 10.2. The van der Waals surface area contributed by atoms with E-state index >= 15 is 0 Å². The number of carbonyl (C=O) groups is 1. The third kappa shape index (κ3) is 3.54. The molecule has 0 bridgehead atoms. The van der Waals surface area contributed by atoms with Crippen molar-refractivity contribution in [2.45, 2.75) is 11.8 Å². The summed E-state index contributed by atoms with van der Waals surface area (Å²) in [6.45, 7) is 3.57. The number of methoxy groups -OCH3 is 1. The van der Waals surface area contributed by atoms with Crippen LogP contribution in [0.1, 0.15) is 16.1 Å². The Morgan fingerprint density at radius 2 is 1.79 bits per heavy atom. The number of carbonyl (C=O) groups excluding carboxylic acids is 1. The molecule has 0 saturated carbocycles. The van der Waals surface area contributed by atoms with Crippen LogP contribution in [0.15, 0.2) is 41.6 Å². The predicted octanol–water partition coefficient (Wildman–Crippen LogP) is 0.730. The lowest BCUT2D eigenvalue weighted by Crippen LogP contribution is -2.49. The van der Waals surface area contributed by atoms with Gasteiger partial charge in [-0.25, -0.2) is 18.2 Å². The number of aromatic nitrogens is 4. The number of benzene rings is 1. The van der Waals surface area contributed by atoms with Crippen LogP contribution in [0.25, 0.3) is 5.78 Å². The van der Waals surface area contributed by atoms with Crippen molar-refractivity contribution in [1.29, 1.82) is 0 Å². The first kappa shape index (κ1) is 19.3. The van der Waals surface area contributed by atoms with Gasteiger partial charge in [0.1, 0.15) is 12.1 Å². The van der Waals surface area contributed by atoms with Gasteiger partial charge in [0, 0.05) is 37.9 Å². The zero-order chi connectivity index (χ0) is 20.6. The maximum absolute atomic E-state index is 13.0. The molecule has 0 spiro atoms. The molecule has 4 rings (SSSR count). The molecular weight excluding hydrogens is 396 g/mol. The third-order valence-corrected chi connectivity index (χ3v) is 6.75. The lowest BCUT2D eigenvalue weighted by molar-refractivity contribution is 0.0600. The maximum atomic E-state index is 13.0. The first-order chi connectivity index (χ1) is 13.9. The normalized spacial score (nSPS) is 15.6. The van der Waals surface area contributed by atoms with Crippen LogP contribution in [0.2, 0.25) is 0 Å². The number of esters is 1. The molecule has 0 N–H and O–H groups in total. The third-order valence-electron chi connectivity index (χ3n) is 4.84. The highest BCUT2D eigenvalue weighted by Gasteiger charge is 2.29. The van der Waals surface area contributed by atoms with Gasteiger partial charge in [0.15, 0.2) is 0 Å². The summed E-state index contributed by atoms with van der Waals surface area (Å²) in [6.07, 6.45) is 1.45. The van der Waals surface area contributed by atoms with Crippen LogP contribution < -0.4 is 4.90 Å². The molecule has 1 aliphatic heterocycles. The standard InChI is InChI=1S/C18H20N6O4S/c1-13-11-16(24-18(21-13)19-12-20-24)22-7-9-23(10-8-22)29(26,27)15-5-3-14(4-6-15)17(25)28-2/h3-6,11-12H,7-10H2,1-2H3. The first-order valence-electron chi connectivity index (χ1n) is 9.01. The molecule has 0 atom stereocenters. The summed E-state index contributed by atoms with van der Waals surface area (Å²) in [5, 5.41) is 4.21. The maximum Gasteiger partial charge on any atom is 0.337 e. The van der Waals surface area contributed by atoms with Crippen LogP contribution in [-0.2, 0) is 14.8 Å². The summed E-state index contributed by atoms with van der Waals surface area (Å²) in [4.78, 5) is 22.2. The van der Waals surface area contributed by atoms with E-state index in [4.69, 9.17) is 0 Å². The molecule has 10 nitrogen and oxygen atoms in total. The fourth-order valence-electron chi connectivity index (χ4n) is 3.32. The Labute approximate surface area is 167 Å². The Morgan fingerprint density at radius 3 is 2.45 bits per heavy atom. The molecule has 0 amide bonds. The SMILES string of the molecule is COC(=O)c1ccc(S(=O)(=O)N2CCN(c3cc(C)nc4ncnn34)CC2)cc1. The van der Waals surface area contributed by atoms with E-state index in [0.29, 0.717) is 37.5 Å². The average molecular weight is 416 g/mol. The van der Waals surface area contributed by atoms with Crippen LogP contribution in [-0.4, -0.2) is 71.6 Å². The summed E-state index contributed by atoms with van der Waals surface area (Å²) < 4.78 is 33.7. The second-order valence-electron chi connectivity index (χ2n) is 6.63. The van der Waals surface area contributed by atoms with Crippen molar-refractivity contribution in [3.8, 4) is 0 Å². The number of hydrogen-bond donors (Lipinski definition) is 0. The molecule has 1 aliphatic rings. The Bertz CT molecular complexity index is 1150. The molecule has 0 unspecified atom stereocenters. The average Bonchev–Trinajstić information content (AvgIpc) is 3.21. The van der Waals surface area contributed by atoms with Crippen LogP contribution in [0, 0.1) is 6.92 Å². The summed E-state index contributed by atoms with van der Waals surface area (Å²) in [5.74, 6) is 0.847. The molecule has 29 heavy (non-hydrogen) atoms. The summed E-state index contributed by atoms with van der Waals surface area (Å²) >= 11 is 0. The number of fused-ring (bicyclic) bond motifs is 1. The minimum absolute atomic E-state index is 0.150. The number of ether oxygens (including phenoxy) is 1. The second kappa shape index (κ2) is 7.41. The van der Waals surface area contributed by atoms with E-state index in [1.54, 1.807) is 4.52 Å². The van der Waals surface area contributed by atoms with Crippen molar-refractivity contribution in [3.05, 3.63) is 47.9 Å². The number of anilines is 1. The van der Waals surface area contributed by atoms with E-state index in [9.17, 15) is 13.2 Å². The second-order valence-corrected chi connectivity index (χ2v) is 8.57. The molecule has 0 radical (unpaired) electrons. The van der Waals surface area contributed by atoms with Gasteiger partial charge in [0.2, 0.25) is 10.0 Å². The fraction of sp³-hybridized carbons (Fsp3) is 0.333. The fourth-order valence-corrected chi connectivity index (χ4v) is 4.75. The molecule has 3 heterocycles. The van der Waals surface area contributed by atoms with Crippen LogP contribution in [0.4, 0.5) is 5.82 Å². The molecule has 3 aromatic rings. The highest BCUT2D eigenvalue weighted by Crippen LogP contribution is 2.22. The minimum atomic E-state index is -3.65. The van der Waals surface area contributed by atoms with Gasteiger partial charge in [-0.2, -0.15) is 18.9 Å². The summed E-state index contributed by atoms with van der Waals surface area (Å²) in [7, 11) is -2.37. The van der Waals surface area contributed by atoms with Crippen molar-refractivity contribution in [3.63, 3.8) is 0 Å². The first-order valence-corrected chi connectivity index (χ1v) is 10.4. The van der Waals surface area contributed by atoms with Gasteiger partial charge in [0.05, 0.1) is 17.6 Å². The molecule has 0 aliphatic carbocycles. The van der Waals surface area contributed by atoms with Crippen molar-refractivity contribution >= 4 is 27.6 Å². The summed E-state index contributed by atoms with van der Waals surface area (Å²) in [5.41, 5.74) is 1.13. The molecule has 11 heteroatoms. The highest BCUT2D eigenvalue weighted by molar-refractivity contribution is 7.89. The van der Waals surface area contributed by atoms with Gasteiger partial charge in [-0.05, 0) is 31.2 Å². The molecule has 1 fully saturated rings. The number of sulfonamides is 1. The van der Waals surface area contributed by atoms with Gasteiger partial charge in [-0.15, -0.1) is 0 Å². The molecule has 152 valence electrons. The number of nitrogens with zero attached hydrogens (tertiary/aromatic N) is 6. The van der Waals surface area contributed by atoms with E-state index in [0.717, 1.165) is 11.5 Å². The number of aryl methyl sites for hydroxylation is 1. The largest absolute Gasteiger partial charge is 0.465 e. The van der Waals surface area contributed by atoms with Crippen molar-refractivity contribution in [2.75, 3.05) is 38.2 Å². The van der Waals surface area contributed by atoms with Crippen LogP contribution in [0.5, 0.6) is 0 Å². The van der Waals surface area contributed by atoms with Crippen LogP contribution in [0.3, 0.4) is 0 Å². The molecule has 1 saturated heterocycles. The molecule has 1 aromatic carbocycles. The molecular formula is C18H20N6O4S. The molecule has 2 aromatic heterocycles. The van der Waals surface area contributed by atoms with Crippen LogP contribution >= 0.6 is 0 Å². The topological polar surface area (TPSA) is 110 Å². The van der Waals surface area contributed by atoms with E-state index in [1.807, 2.05) is 13.0 Å². The number of rotatable bonds is 4. The quantitative estimate of drug-likeness (QED) is 0.573. The Hall–Kier alpha value is -3.05. The smallest absolute Gasteiger partial charge is 0.337 e. The van der Waals surface area contributed by atoms with E-state index in [2.05, 4.69) is 24.7 Å². The Kier molecular flexibility index (Phi) is 4.92. The van der Waals surface area contributed by atoms with Gasteiger partial charge in [-0.1, -0.05) is 0 Å². The van der Waals surface area contributed by atoms with Gasteiger partial charge in [0.25, 0.3) is 5.78 Å². The Morgan fingerprint density at radius 1 is 1.10 bits per heavy atom. The van der Waals surface area contributed by atoms with Crippen molar-refractivity contribution in [2.24, 2.45) is 0 Å². The van der Waals surface area contributed by atoms with Crippen molar-refractivity contribution < 1.29 is 17.9 Å². The van der Waals surface area contributed by atoms with Gasteiger partial charge >= 0.3 is 5.97 Å². The zero-order valence-corrected chi connectivity index (χ0v) is 16.8. The lowest BCUT2D eigenvalue weighted by Gasteiger charge is -2.35. The minimum Gasteiger partial charge on any atom is -0.465 e. The number of piperazine rings is 1. The Balaban J connectivity index is 1.51.